The van der Waals surface area contributed by atoms with Crippen LogP contribution in [0, 0.1) is 17.0 Å². The van der Waals surface area contributed by atoms with Crippen molar-refractivity contribution >= 4 is 29.1 Å². The van der Waals surface area contributed by atoms with Crippen molar-refractivity contribution < 1.29 is 19.6 Å². The van der Waals surface area contributed by atoms with Gasteiger partial charge in [0.1, 0.15) is 0 Å². The fourth-order valence-corrected chi connectivity index (χ4v) is 2.94. The fourth-order valence-electron chi connectivity index (χ4n) is 2.94. The second kappa shape index (κ2) is 7.51. The van der Waals surface area contributed by atoms with E-state index in [4.69, 9.17) is 4.74 Å². The lowest BCUT2D eigenvalue weighted by Gasteiger charge is -2.12. The Bertz CT molecular complexity index is 1030. The molecule has 3 rings (SSSR count). The Kier molecular flexibility index (Phi) is 5.12. The first-order chi connectivity index (χ1) is 13.3. The van der Waals surface area contributed by atoms with E-state index in [1.165, 1.54) is 23.2 Å². The Hall–Kier alpha value is -3.68. The molecule has 0 aromatic heterocycles. The van der Waals surface area contributed by atoms with Gasteiger partial charge >= 0.3 is 5.69 Å². The molecular formula is C20H19N3O5. The number of rotatable bonds is 5. The van der Waals surface area contributed by atoms with Gasteiger partial charge in [-0.3, -0.25) is 14.9 Å². The molecule has 1 heterocycles. The van der Waals surface area contributed by atoms with Crippen LogP contribution in [0.5, 0.6) is 11.5 Å². The maximum absolute atomic E-state index is 12.9. The molecule has 1 aliphatic heterocycles. The molecule has 1 N–H and O–H groups in total. The monoisotopic (exact) mass is 381 g/mol. The molecule has 28 heavy (non-hydrogen) atoms. The minimum absolute atomic E-state index is 0.148. The summed E-state index contributed by atoms with van der Waals surface area (Å²) in [5.41, 5.74) is 2.01. The maximum atomic E-state index is 12.9. The van der Waals surface area contributed by atoms with Gasteiger partial charge in [-0.1, -0.05) is 12.1 Å². The molecule has 2 aromatic rings. The molecule has 0 unspecified atom stereocenters. The van der Waals surface area contributed by atoms with Crippen LogP contribution in [0.1, 0.15) is 25.0 Å². The van der Waals surface area contributed by atoms with E-state index in [-0.39, 0.29) is 35.1 Å². The van der Waals surface area contributed by atoms with Crippen LogP contribution in [0.3, 0.4) is 0 Å². The van der Waals surface area contributed by atoms with E-state index in [0.717, 1.165) is 5.56 Å². The number of amides is 1. The second-order valence-corrected chi connectivity index (χ2v) is 6.24. The smallest absolute Gasteiger partial charge is 0.322 e. The van der Waals surface area contributed by atoms with Crippen LogP contribution in [0.15, 0.2) is 47.1 Å². The quantitative estimate of drug-likeness (QED) is 0.482. The first-order valence-electron chi connectivity index (χ1n) is 8.65. The first-order valence-corrected chi connectivity index (χ1v) is 8.65. The topological polar surface area (TPSA) is 105 Å². The molecule has 0 radical (unpaired) electrons. The number of anilines is 1. The van der Waals surface area contributed by atoms with Crippen molar-refractivity contribution in [1.82, 2.24) is 0 Å². The van der Waals surface area contributed by atoms with E-state index in [1.54, 1.807) is 19.9 Å². The number of nitro groups is 1. The lowest BCUT2D eigenvalue weighted by Crippen LogP contribution is -2.21. The predicted octanol–water partition coefficient (Wildman–Crippen LogP) is 3.81. The van der Waals surface area contributed by atoms with Crippen LogP contribution in [0.4, 0.5) is 11.4 Å². The van der Waals surface area contributed by atoms with Crippen LogP contribution in [-0.4, -0.2) is 28.3 Å². The van der Waals surface area contributed by atoms with Crippen molar-refractivity contribution in [2.75, 3.05) is 11.6 Å². The molecule has 1 amide bonds. The normalized spacial score (nSPS) is 15.1. The van der Waals surface area contributed by atoms with E-state index >= 15 is 0 Å². The highest BCUT2D eigenvalue weighted by Gasteiger charge is 2.31. The van der Waals surface area contributed by atoms with Gasteiger partial charge < -0.3 is 9.84 Å². The Morgan fingerprint density at radius 3 is 2.68 bits per heavy atom. The van der Waals surface area contributed by atoms with E-state index in [1.807, 2.05) is 25.1 Å². The third-order valence-corrected chi connectivity index (χ3v) is 4.22. The van der Waals surface area contributed by atoms with Crippen LogP contribution in [0.2, 0.25) is 0 Å². The van der Waals surface area contributed by atoms with Crippen molar-refractivity contribution in [3.8, 4) is 11.5 Å². The van der Waals surface area contributed by atoms with Gasteiger partial charge in [0.15, 0.2) is 5.75 Å². The zero-order valence-corrected chi connectivity index (χ0v) is 15.7. The average Bonchev–Trinajstić information content (AvgIpc) is 2.92. The number of hydrogen-bond acceptors (Lipinski definition) is 6. The Morgan fingerprint density at radius 1 is 1.29 bits per heavy atom. The van der Waals surface area contributed by atoms with Crippen LogP contribution in [0.25, 0.3) is 6.08 Å². The molecule has 0 bridgehead atoms. The molecule has 144 valence electrons. The zero-order valence-electron chi connectivity index (χ0n) is 15.7. The minimum atomic E-state index is -0.638. The zero-order chi connectivity index (χ0) is 20.4. The summed E-state index contributed by atoms with van der Waals surface area (Å²) in [6.07, 6.45) is 1.40. The summed E-state index contributed by atoms with van der Waals surface area (Å²) >= 11 is 0. The Labute approximate surface area is 161 Å². The molecule has 8 nitrogen and oxygen atoms in total. The molecule has 0 fully saturated rings. The lowest BCUT2D eigenvalue weighted by atomic mass is 10.0. The SMILES string of the molecule is CCOc1c(O)ccc(C=C2C(=O)N(c3cccc(C)c3)N=C2C)c1[N+](=O)[O-]. The maximum Gasteiger partial charge on any atom is 0.322 e. The van der Waals surface area contributed by atoms with Gasteiger partial charge in [0, 0.05) is 0 Å². The van der Waals surface area contributed by atoms with Crippen LogP contribution in [-0.2, 0) is 4.79 Å². The number of nitrogens with zero attached hydrogens (tertiary/aromatic N) is 3. The number of aryl methyl sites for hydroxylation is 1. The summed E-state index contributed by atoms with van der Waals surface area (Å²) in [6.45, 7) is 5.38. The largest absolute Gasteiger partial charge is 0.504 e. The summed E-state index contributed by atoms with van der Waals surface area (Å²) in [6, 6.07) is 10.00. The van der Waals surface area contributed by atoms with Gasteiger partial charge in [0.25, 0.3) is 5.91 Å². The standard InChI is InChI=1S/C20H19N3O5/c1-4-28-19-17(24)9-8-14(18(19)23(26)27)11-16-13(3)21-22(20(16)25)15-7-5-6-12(2)10-15/h5-11,24H,4H2,1-3H3. The van der Waals surface area contributed by atoms with Crippen LogP contribution >= 0.6 is 0 Å². The molecule has 0 spiro atoms. The Balaban J connectivity index is 2.07. The molecular weight excluding hydrogens is 362 g/mol. The van der Waals surface area contributed by atoms with E-state index in [0.29, 0.717) is 11.4 Å². The molecule has 1 aliphatic rings. The number of carbonyl (C=O) groups excluding carboxylic acids is 1. The summed E-state index contributed by atoms with van der Waals surface area (Å²) in [5.74, 6) is -0.943. The first kappa shape index (κ1) is 19.1. The minimum Gasteiger partial charge on any atom is -0.504 e. The molecule has 8 heteroatoms. The summed E-state index contributed by atoms with van der Waals surface area (Å²) in [5, 5.41) is 27.1. The number of benzene rings is 2. The van der Waals surface area contributed by atoms with Gasteiger partial charge in [0.05, 0.1) is 34.1 Å². The summed E-state index contributed by atoms with van der Waals surface area (Å²) < 4.78 is 5.25. The second-order valence-electron chi connectivity index (χ2n) is 6.24. The van der Waals surface area contributed by atoms with Crippen molar-refractivity contribution in [2.45, 2.75) is 20.8 Å². The third-order valence-electron chi connectivity index (χ3n) is 4.22. The highest BCUT2D eigenvalue weighted by molar-refractivity contribution is 6.32. The highest BCUT2D eigenvalue weighted by atomic mass is 16.6. The number of hydrazone groups is 1. The third kappa shape index (κ3) is 3.44. The van der Waals surface area contributed by atoms with Crippen molar-refractivity contribution in [1.29, 1.82) is 0 Å². The van der Waals surface area contributed by atoms with Gasteiger partial charge in [-0.15, -0.1) is 0 Å². The fraction of sp³-hybridized carbons (Fsp3) is 0.200. The Morgan fingerprint density at radius 2 is 2.04 bits per heavy atom. The summed E-state index contributed by atoms with van der Waals surface area (Å²) in [7, 11) is 0. The number of phenols is 1. The molecule has 0 atom stereocenters. The van der Waals surface area contributed by atoms with Crippen LogP contribution < -0.4 is 9.75 Å². The van der Waals surface area contributed by atoms with E-state index in [9.17, 15) is 20.0 Å². The lowest BCUT2D eigenvalue weighted by molar-refractivity contribution is -0.386. The number of carbonyl (C=O) groups is 1. The molecule has 2 aromatic carbocycles. The van der Waals surface area contributed by atoms with Crippen molar-refractivity contribution in [3.05, 3.63) is 63.2 Å². The van der Waals surface area contributed by atoms with Gasteiger partial charge in [0.2, 0.25) is 5.75 Å². The molecule has 0 aliphatic carbocycles. The number of phenolic OH excluding ortho intramolecular Hbond substituents is 1. The molecule has 0 saturated heterocycles. The van der Waals surface area contributed by atoms with E-state index in [2.05, 4.69) is 5.10 Å². The average molecular weight is 381 g/mol. The predicted molar refractivity (Wildman–Crippen MR) is 106 cm³/mol. The van der Waals surface area contributed by atoms with Gasteiger partial charge in [-0.25, -0.2) is 0 Å². The number of hydrogen-bond donors (Lipinski definition) is 1. The number of aromatic hydroxyl groups is 1. The van der Waals surface area contributed by atoms with Crippen molar-refractivity contribution in [3.63, 3.8) is 0 Å². The van der Waals surface area contributed by atoms with Crippen molar-refractivity contribution in [2.24, 2.45) is 5.10 Å². The van der Waals surface area contributed by atoms with Gasteiger partial charge in [-0.05, 0) is 56.7 Å². The number of nitro benzene ring substituents is 1. The van der Waals surface area contributed by atoms with Gasteiger partial charge in [-0.2, -0.15) is 10.1 Å². The van der Waals surface area contributed by atoms with E-state index < -0.39 is 10.6 Å². The molecule has 0 saturated carbocycles. The summed E-state index contributed by atoms with van der Waals surface area (Å²) in [4.78, 5) is 23.8. The highest BCUT2D eigenvalue weighted by Crippen LogP contribution is 2.40. The number of ether oxygens (including phenoxy) is 1.